The van der Waals surface area contributed by atoms with E-state index in [2.05, 4.69) is 5.32 Å². The Hall–Kier alpha value is -3.14. The van der Waals surface area contributed by atoms with E-state index in [1.54, 1.807) is 0 Å². The fraction of sp³-hybridized carbons (Fsp3) is 0.350. The van der Waals surface area contributed by atoms with Crippen molar-refractivity contribution in [2.45, 2.75) is 26.3 Å². The molecule has 2 aromatic carbocycles. The number of non-ortho nitro benzene ring substituents is 1. The summed E-state index contributed by atoms with van der Waals surface area (Å²) in [5, 5.41) is 13.9. The number of ether oxygens (including phenoxy) is 1. The summed E-state index contributed by atoms with van der Waals surface area (Å²) in [6.45, 7) is 2.33. The third kappa shape index (κ3) is 6.45. The van der Waals surface area contributed by atoms with Crippen LogP contribution in [-0.2, 0) is 21.4 Å². The van der Waals surface area contributed by atoms with Crippen LogP contribution in [0.2, 0.25) is 0 Å². The SMILES string of the molecule is COc1ccc([N+](=O)[O-])cc1N(CCCC(=O)NCc1cccc(C)c1)S(C)(=O)=O. The van der Waals surface area contributed by atoms with Crippen molar-refractivity contribution in [1.82, 2.24) is 5.32 Å². The monoisotopic (exact) mass is 435 g/mol. The zero-order chi connectivity index (χ0) is 22.3. The zero-order valence-electron chi connectivity index (χ0n) is 17.1. The maximum atomic E-state index is 12.3. The molecule has 9 nitrogen and oxygen atoms in total. The first-order chi connectivity index (χ1) is 14.1. The molecule has 0 saturated heterocycles. The van der Waals surface area contributed by atoms with Crippen LogP contribution in [-0.4, -0.2) is 39.2 Å². The molecule has 1 amide bonds. The number of hydrogen-bond acceptors (Lipinski definition) is 6. The zero-order valence-corrected chi connectivity index (χ0v) is 17.9. The lowest BCUT2D eigenvalue weighted by molar-refractivity contribution is -0.384. The predicted octanol–water partition coefficient (Wildman–Crippen LogP) is 2.77. The fourth-order valence-corrected chi connectivity index (χ4v) is 3.91. The standard InChI is InChI=1S/C20H25N3O6S/c1-15-6-4-7-16(12-15)14-21-20(24)8-5-11-22(30(3,27)28)18-13-17(23(25)26)9-10-19(18)29-2/h4,6-7,9-10,12-13H,5,8,11,14H2,1-3H3,(H,21,24). The molecule has 0 spiro atoms. The summed E-state index contributed by atoms with van der Waals surface area (Å²) in [5.41, 5.74) is 1.88. The highest BCUT2D eigenvalue weighted by Gasteiger charge is 2.23. The molecule has 1 N–H and O–H groups in total. The molecule has 2 aromatic rings. The van der Waals surface area contributed by atoms with Gasteiger partial charge in [0.05, 0.1) is 18.3 Å². The maximum Gasteiger partial charge on any atom is 0.271 e. The second-order valence-electron chi connectivity index (χ2n) is 6.82. The van der Waals surface area contributed by atoms with Crippen LogP contribution in [0.4, 0.5) is 11.4 Å². The van der Waals surface area contributed by atoms with Gasteiger partial charge in [0.2, 0.25) is 15.9 Å². The highest BCUT2D eigenvalue weighted by molar-refractivity contribution is 7.92. The van der Waals surface area contributed by atoms with E-state index in [9.17, 15) is 23.3 Å². The average Bonchev–Trinajstić information content (AvgIpc) is 2.68. The van der Waals surface area contributed by atoms with Crippen molar-refractivity contribution in [2.24, 2.45) is 0 Å². The molecular formula is C20H25N3O6S. The third-order valence-electron chi connectivity index (χ3n) is 4.38. The molecule has 0 aliphatic rings. The number of carbonyl (C=O) groups is 1. The number of nitrogens with one attached hydrogen (secondary N) is 1. The van der Waals surface area contributed by atoms with Gasteiger partial charge in [-0.2, -0.15) is 0 Å². The van der Waals surface area contributed by atoms with Crippen molar-refractivity contribution >= 4 is 27.3 Å². The second kappa shape index (κ2) is 10.1. The molecular weight excluding hydrogens is 410 g/mol. The van der Waals surface area contributed by atoms with E-state index in [-0.39, 0.29) is 42.4 Å². The molecule has 0 bridgehead atoms. The molecule has 0 heterocycles. The summed E-state index contributed by atoms with van der Waals surface area (Å²) in [4.78, 5) is 22.6. The van der Waals surface area contributed by atoms with Gasteiger partial charge in [-0.15, -0.1) is 0 Å². The van der Waals surface area contributed by atoms with Gasteiger partial charge in [0.1, 0.15) is 11.4 Å². The van der Waals surface area contributed by atoms with E-state index in [0.29, 0.717) is 6.54 Å². The van der Waals surface area contributed by atoms with Crippen LogP contribution in [0, 0.1) is 17.0 Å². The number of nitro benzene ring substituents is 1. The van der Waals surface area contributed by atoms with Crippen LogP contribution in [0.15, 0.2) is 42.5 Å². The number of carbonyl (C=O) groups excluding carboxylic acids is 1. The minimum atomic E-state index is -3.75. The molecule has 0 fully saturated rings. The van der Waals surface area contributed by atoms with E-state index < -0.39 is 14.9 Å². The number of benzene rings is 2. The Kier molecular flexibility index (Phi) is 7.76. The van der Waals surface area contributed by atoms with Crippen molar-refractivity contribution in [3.8, 4) is 5.75 Å². The van der Waals surface area contributed by atoms with Crippen LogP contribution in [0.3, 0.4) is 0 Å². The highest BCUT2D eigenvalue weighted by atomic mass is 32.2. The first kappa shape index (κ1) is 23.1. The Balaban J connectivity index is 2.05. The second-order valence-corrected chi connectivity index (χ2v) is 8.72. The van der Waals surface area contributed by atoms with E-state index in [4.69, 9.17) is 4.74 Å². The van der Waals surface area contributed by atoms with Gasteiger partial charge in [0.15, 0.2) is 0 Å². The summed E-state index contributed by atoms with van der Waals surface area (Å²) < 4.78 is 30.8. The Morgan fingerprint density at radius 2 is 1.97 bits per heavy atom. The number of hydrogen-bond donors (Lipinski definition) is 1. The normalized spacial score (nSPS) is 11.0. The molecule has 0 aromatic heterocycles. The van der Waals surface area contributed by atoms with Gasteiger partial charge in [0.25, 0.3) is 5.69 Å². The Morgan fingerprint density at radius 1 is 1.23 bits per heavy atom. The van der Waals surface area contributed by atoms with E-state index in [1.807, 2.05) is 31.2 Å². The molecule has 0 saturated carbocycles. The van der Waals surface area contributed by atoms with Gasteiger partial charge in [-0.05, 0) is 25.0 Å². The van der Waals surface area contributed by atoms with Gasteiger partial charge >= 0.3 is 0 Å². The predicted molar refractivity (Wildman–Crippen MR) is 114 cm³/mol. The largest absolute Gasteiger partial charge is 0.495 e. The van der Waals surface area contributed by atoms with Gasteiger partial charge in [0, 0.05) is 31.6 Å². The summed E-state index contributed by atoms with van der Waals surface area (Å²) in [7, 11) is -2.40. The lowest BCUT2D eigenvalue weighted by Gasteiger charge is -2.24. The summed E-state index contributed by atoms with van der Waals surface area (Å²) in [5.74, 6) is -0.0223. The fourth-order valence-electron chi connectivity index (χ4n) is 2.95. The molecule has 0 aliphatic carbocycles. The van der Waals surface area contributed by atoms with Crippen LogP contribution in [0.1, 0.15) is 24.0 Å². The topological polar surface area (TPSA) is 119 Å². The van der Waals surface area contributed by atoms with Crippen LogP contribution in [0.5, 0.6) is 5.75 Å². The molecule has 2 rings (SSSR count). The summed E-state index contributed by atoms with van der Waals surface area (Å²) >= 11 is 0. The van der Waals surface area contributed by atoms with Gasteiger partial charge in [-0.3, -0.25) is 19.2 Å². The highest BCUT2D eigenvalue weighted by Crippen LogP contribution is 2.33. The summed E-state index contributed by atoms with van der Waals surface area (Å²) in [6, 6.07) is 11.5. The van der Waals surface area contributed by atoms with Crippen LogP contribution in [0.25, 0.3) is 0 Å². The molecule has 0 aliphatic heterocycles. The van der Waals surface area contributed by atoms with Crippen molar-refractivity contribution in [2.75, 3.05) is 24.2 Å². The van der Waals surface area contributed by atoms with Crippen molar-refractivity contribution in [1.29, 1.82) is 0 Å². The molecule has 162 valence electrons. The van der Waals surface area contributed by atoms with Crippen LogP contribution >= 0.6 is 0 Å². The van der Waals surface area contributed by atoms with E-state index in [1.165, 1.54) is 19.2 Å². The minimum Gasteiger partial charge on any atom is -0.495 e. The first-order valence-electron chi connectivity index (χ1n) is 9.24. The van der Waals surface area contributed by atoms with E-state index in [0.717, 1.165) is 27.8 Å². The summed E-state index contributed by atoms with van der Waals surface area (Å²) in [6.07, 6.45) is 1.34. The van der Waals surface area contributed by atoms with Gasteiger partial charge in [-0.1, -0.05) is 29.8 Å². The number of amides is 1. The third-order valence-corrected chi connectivity index (χ3v) is 5.56. The van der Waals surface area contributed by atoms with E-state index >= 15 is 0 Å². The quantitative estimate of drug-likeness (QED) is 0.453. The minimum absolute atomic E-state index is 0.0196. The Bertz CT molecular complexity index is 1020. The molecule has 0 atom stereocenters. The lowest BCUT2D eigenvalue weighted by Crippen LogP contribution is -2.32. The molecule has 10 heteroatoms. The van der Waals surface area contributed by atoms with Gasteiger partial charge in [-0.25, -0.2) is 8.42 Å². The number of rotatable bonds is 10. The van der Waals surface area contributed by atoms with Crippen molar-refractivity contribution < 1.29 is 22.9 Å². The van der Waals surface area contributed by atoms with Gasteiger partial charge < -0.3 is 10.1 Å². The number of methoxy groups -OCH3 is 1. The average molecular weight is 436 g/mol. The molecule has 0 radical (unpaired) electrons. The Labute approximate surface area is 175 Å². The smallest absolute Gasteiger partial charge is 0.271 e. The first-order valence-corrected chi connectivity index (χ1v) is 11.1. The molecule has 30 heavy (non-hydrogen) atoms. The van der Waals surface area contributed by atoms with Crippen molar-refractivity contribution in [3.63, 3.8) is 0 Å². The Morgan fingerprint density at radius 3 is 2.57 bits per heavy atom. The number of nitro groups is 1. The lowest BCUT2D eigenvalue weighted by atomic mass is 10.1. The number of sulfonamides is 1. The molecule has 0 unspecified atom stereocenters. The number of anilines is 1. The van der Waals surface area contributed by atoms with Crippen molar-refractivity contribution in [3.05, 3.63) is 63.7 Å². The number of aryl methyl sites for hydroxylation is 1. The maximum absolute atomic E-state index is 12.3. The number of nitrogens with zero attached hydrogens (tertiary/aromatic N) is 2. The van der Waals surface area contributed by atoms with Crippen LogP contribution < -0.4 is 14.4 Å².